The highest BCUT2D eigenvalue weighted by Gasteiger charge is 2.18. The number of rotatable bonds is 5. The van der Waals surface area contributed by atoms with E-state index in [2.05, 4.69) is 10.0 Å². The third-order valence-corrected chi connectivity index (χ3v) is 5.27. The number of anilines is 1. The maximum Gasteiger partial charge on any atom is 0.240 e. The highest BCUT2D eigenvalue weighted by molar-refractivity contribution is 7.91. The van der Waals surface area contributed by atoms with Gasteiger partial charge in [0, 0.05) is 25.0 Å². The standard InChI is InChI=1S/C11H16N2O4S2/c1-18(14,15)7-6-13-19(16,17)10-2-3-11-9(8-10)4-5-12-11/h2-3,8,12-13H,4-7H2,1H3. The van der Waals surface area contributed by atoms with Crippen LogP contribution in [0.25, 0.3) is 0 Å². The van der Waals surface area contributed by atoms with Gasteiger partial charge in [0.05, 0.1) is 10.6 Å². The minimum absolute atomic E-state index is 0.115. The van der Waals surface area contributed by atoms with Crippen molar-refractivity contribution in [2.45, 2.75) is 11.3 Å². The predicted octanol–water partition coefficient (Wildman–Crippen LogP) is -0.0225. The largest absolute Gasteiger partial charge is 0.384 e. The van der Waals surface area contributed by atoms with E-state index in [1.54, 1.807) is 12.1 Å². The number of sulfonamides is 1. The lowest BCUT2D eigenvalue weighted by Crippen LogP contribution is -2.29. The van der Waals surface area contributed by atoms with Crippen LogP contribution in [0, 0.1) is 0 Å². The van der Waals surface area contributed by atoms with Gasteiger partial charge in [-0.1, -0.05) is 0 Å². The van der Waals surface area contributed by atoms with Gasteiger partial charge in [0.2, 0.25) is 10.0 Å². The zero-order valence-electron chi connectivity index (χ0n) is 10.5. The molecule has 0 bridgehead atoms. The second-order valence-electron chi connectivity index (χ2n) is 4.52. The fourth-order valence-electron chi connectivity index (χ4n) is 1.89. The Bertz CT molecular complexity index is 681. The monoisotopic (exact) mass is 304 g/mol. The molecule has 1 aliphatic rings. The molecule has 0 unspecified atom stereocenters. The molecule has 6 nitrogen and oxygen atoms in total. The molecule has 8 heteroatoms. The van der Waals surface area contributed by atoms with Crippen molar-refractivity contribution < 1.29 is 16.8 Å². The molecule has 0 spiro atoms. The molecule has 1 aromatic carbocycles. The van der Waals surface area contributed by atoms with Crippen molar-refractivity contribution in [1.82, 2.24) is 4.72 Å². The van der Waals surface area contributed by atoms with E-state index in [0.717, 1.165) is 30.5 Å². The first-order valence-electron chi connectivity index (χ1n) is 5.82. The van der Waals surface area contributed by atoms with Crippen LogP contribution >= 0.6 is 0 Å². The summed E-state index contributed by atoms with van der Waals surface area (Å²) >= 11 is 0. The Morgan fingerprint density at radius 3 is 2.68 bits per heavy atom. The van der Waals surface area contributed by atoms with Crippen LogP contribution < -0.4 is 10.0 Å². The summed E-state index contributed by atoms with van der Waals surface area (Å²) in [6.45, 7) is 0.691. The van der Waals surface area contributed by atoms with E-state index >= 15 is 0 Å². The van der Waals surface area contributed by atoms with E-state index in [9.17, 15) is 16.8 Å². The van der Waals surface area contributed by atoms with Crippen molar-refractivity contribution in [3.8, 4) is 0 Å². The Morgan fingerprint density at radius 2 is 2.00 bits per heavy atom. The van der Waals surface area contributed by atoms with Crippen LogP contribution in [0.4, 0.5) is 5.69 Å². The molecule has 1 aliphatic heterocycles. The summed E-state index contributed by atoms with van der Waals surface area (Å²) in [7, 11) is -6.82. The molecular weight excluding hydrogens is 288 g/mol. The molecule has 0 atom stereocenters. The van der Waals surface area contributed by atoms with E-state index in [1.807, 2.05) is 0 Å². The first kappa shape index (κ1) is 14.3. The number of hydrogen-bond acceptors (Lipinski definition) is 5. The molecule has 106 valence electrons. The highest BCUT2D eigenvalue weighted by Crippen LogP contribution is 2.24. The van der Waals surface area contributed by atoms with Gasteiger partial charge in [0.25, 0.3) is 0 Å². The fourth-order valence-corrected chi connectivity index (χ4v) is 3.58. The lowest BCUT2D eigenvalue weighted by Gasteiger charge is -2.08. The maximum atomic E-state index is 12.0. The van der Waals surface area contributed by atoms with Gasteiger partial charge in [-0.05, 0) is 30.2 Å². The van der Waals surface area contributed by atoms with Crippen molar-refractivity contribution in [2.24, 2.45) is 0 Å². The third kappa shape index (κ3) is 3.68. The minimum Gasteiger partial charge on any atom is -0.384 e. The lowest BCUT2D eigenvalue weighted by molar-refractivity contribution is 0.582. The number of benzene rings is 1. The Labute approximate surface area is 113 Å². The molecule has 0 saturated carbocycles. The summed E-state index contributed by atoms with van der Waals surface area (Å²) in [6, 6.07) is 4.87. The van der Waals surface area contributed by atoms with Crippen LogP contribution in [-0.4, -0.2) is 41.9 Å². The van der Waals surface area contributed by atoms with Gasteiger partial charge in [-0.2, -0.15) is 0 Å². The molecule has 1 heterocycles. The number of nitrogens with one attached hydrogen (secondary N) is 2. The van der Waals surface area contributed by atoms with Crippen molar-refractivity contribution in [3.63, 3.8) is 0 Å². The molecule has 0 saturated heterocycles. The molecule has 0 aromatic heterocycles. The van der Waals surface area contributed by atoms with Crippen LogP contribution in [0.15, 0.2) is 23.1 Å². The van der Waals surface area contributed by atoms with Crippen LogP contribution in [-0.2, 0) is 26.3 Å². The number of hydrogen-bond donors (Lipinski definition) is 2. The van der Waals surface area contributed by atoms with Crippen LogP contribution in [0.1, 0.15) is 5.56 Å². The molecule has 0 amide bonds. The molecule has 0 aliphatic carbocycles. The fraction of sp³-hybridized carbons (Fsp3) is 0.455. The molecule has 1 aromatic rings. The van der Waals surface area contributed by atoms with Crippen LogP contribution in [0.2, 0.25) is 0 Å². The average molecular weight is 304 g/mol. The Hall–Kier alpha value is -1.12. The minimum atomic E-state index is -3.65. The molecule has 2 N–H and O–H groups in total. The summed E-state index contributed by atoms with van der Waals surface area (Å²) in [4.78, 5) is 0.170. The Balaban J connectivity index is 2.12. The number of sulfone groups is 1. The van der Waals surface area contributed by atoms with Gasteiger partial charge in [0.15, 0.2) is 0 Å². The summed E-state index contributed by atoms with van der Waals surface area (Å²) in [5, 5.41) is 3.15. The predicted molar refractivity (Wildman–Crippen MR) is 73.5 cm³/mol. The Kier molecular flexibility index (Phi) is 3.84. The van der Waals surface area contributed by atoms with Crippen LogP contribution in [0.5, 0.6) is 0 Å². The Morgan fingerprint density at radius 1 is 1.26 bits per heavy atom. The van der Waals surface area contributed by atoms with Crippen molar-refractivity contribution in [3.05, 3.63) is 23.8 Å². The van der Waals surface area contributed by atoms with Gasteiger partial charge < -0.3 is 5.32 Å². The average Bonchev–Trinajstić information content (AvgIpc) is 2.73. The zero-order valence-corrected chi connectivity index (χ0v) is 12.1. The van der Waals surface area contributed by atoms with Gasteiger partial charge in [0.1, 0.15) is 9.84 Å². The normalized spacial score (nSPS) is 15.0. The third-order valence-electron chi connectivity index (χ3n) is 2.86. The smallest absolute Gasteiger partial charge is 0.240 e. The summed E-state index contributed by atoms with van der Waals surface area (Å²) < 4.78 is 48.2. The summed E-state index contributed by atoms with van der Waals surface area (Å²) in [5.41, 5.74) is 1.92. The summed E-state index contributed by atoms with van der Waals surface area (Å²) in [6.07, 6.45) is 1.87. The first-order valence-corrected chi connectivity index (χ1v) is 9.36. The van der Waals surface area contributed by atoms with E-state index in [-0.39, 0.29) is 17.2 Å². The molecule has 19 heavy (non-hydrogen) atoms. The quantitative estimate of drug-likeness (QED) is 0.797. The lowest BCUT2D eigenvalue weighted by atomic mass is 10.2. The van der Waals surface area contributed by atoms with Crippen molar-refractivity contribution in [2.75, 3.05) is 30.4 Å². The van der Waals surface area contributed by atoms with Gasteiger partial charge >= 0.3 is 0 Å². The topological polar surface area (TPSA) is 92.3 Å². The van der Waals surface area contributed by atoms with Gasteiger partial charge in [-0.25, -0.2) is 21.6 Å². The molecule has 0 fully saturated rings. The maximum absolute atomic E-state index is 12.0. The highest BCUT2D eigenvalue weighted by atomic mass is 32.2. The van der Waals surface area contributed by atoms with E-state index in [1.165, 1.54) is 6.07 Å². The zero-order chi connectivity index (χ0) is 14.1. The van der Waals surface area contributed by atoms with Crippen LogP contribution in [0.3, 0.4) is 0 Å². The van der Waals surface area contributed by atoms with Gasteiger partial charge in [-0.15, -0.1) is 0 Å². The van der Waals surface area contributed by atoms with Crippen molar-refractivity contribution in [1.29, 1.82) is 0 Å². The molecule has 0 radical (unpaired) electrons. The van der Waals surface area contributed by atoms with E-state index in [4.69, 9.17) is 0 Å². The van der Waals surface area contributed by atoms with E-state index < -0.39 is 19.9 Å². The second-order valence-corrected chi connectivity index (χ2v) is 8.55. The number of fused-ring (bicyclic) bond motifs is 1. The molecular formula is C11H16N2O4S2. The van der Waals surface area contributed by atoms with Crippen molar-refractivity contribution >= 4 is 25.5 Å². The van der Waals surface area contributed by atoms with E-state index in [0.29, 0.717) is 0 Å². The first-order chi connectivity index (χ1) is 8.78. The SMILES string of the molecule is CS(=O)(=O)CCNS(=O)(=O)c1ccc2c(c1)CCN2. The summed E-state index contributed by atoms with van der Waals surface area (Å²) in [5.74, 6) is -0.210. The second kappa shape index (κ2) is 5.10. The van der Waals surface area contributed by atoms with Gasteiger partial charge in [-0.3, -0.25) is 0 Å². The molecule has 2 rings (SSSR count).